The van der Waals surface area contributed by atoms with E-state index in [9.17, 15) is 9.59 Å². The van der Waals surface area contributed by atoms with Crippen LogP contribution in [0.15, 0.2) is 0 Å². The fraction of sp³-hybridized carbons (Fsp3) is 0.900. The molecular formula is C20H35NO4. The lowest BCUT2D eigenvalue weighted by atomic mass is 9.84. The molecule has 2 rings (SSSR count). The van der Waals surface area contributed by atoms with Gasteiger partial charge in [0, 0.05) is 32.1 Å². The molecule has 1 unspecified atom stereocenters. The minimum Gasteiger partial charge on any atom is -0.481 e. The van der Waals surface area contributed by atoms with Crippen LogP contribution in [-0.2, 0) is 14.3 Å². The monoisotopic (exact) mass is 353 g/mol. The number of nitrogens with one attached hydrogen (secondary N) is 1. The SMILES string of the molecule is O=C(O)CCC(CC1CCCCC1)NC(=O)CCCC1CCOCC1. The Kier molecular flexibility index (Phi) is 9.30. The first-order valence-electron chi connectivity index (χ1n) is 10.2. The van der Waals surface area contributed by atoms with Crippen molar-refractivity contribution in [2.24, 2.45) is 11.8 Å². The fourth-order valence-electron chi connectivity index (χ4n) is 4.26. The van der Waals surface area contributed by atoms with Crippen molar-refractivity contribution in [3.8, 4) is 0 Å². The minimum atomic E-state index is -0.776. The topological polar surface area (TPSA) is 75.6 Å². The number of amides is 1. The van der Waals surface area contributed by atoms with Gasteiger partial charge >= 0.3 is 5.97 Å². The van der Waals surface area contributed by atoms with Crippen LogP contribution >= 0.6 is 0 Å². The van der Waals surface area contributed by atoms with E-state index in [4.69, 9.17) is 9.84 Å². The zero-order valence-corrected chi connectivity index (χ0v) is 15.5. The number of hydrogen-bond donors (Lipinski definition) is 2. The second-order valence-electron chi connectivity index (χ2n) is 7.88. The number of carboxylic acid groups (broad SMARTS) is 1. The number of hydrogen-bond acceptors (Lipinski definition) is 3. The van der Waals surface area contributed by atoms with Crippen molar-refractivity contribution in [3.05, 3.63) is 0 Å². The van der Waals surface area contributed by atoms with Crippen molar-refractivity contribution in [2.45, 2.75) is 89.5 Å². The van der Waals surface area contributed by atoms with E-state index >= 15 is 0 Å². The van der Waals surface area contributed by atoms with E-state index in [1.165, 1.54) is 32.1 Å². The molecule has 5 nitrogen and oxygen atoms in total. The maximum absolute atomic E-state index is 12.3. The molecule has 0 aromatic rings. The molecule has 1 saturated heterocycles. The number of aliphatic carboxylic acids is 1. The number of rotatable bonds is 10. The quantitative estimate of drug-likeness (QED) is 0.624. The van der Waals surface area contributed by atoms with Crippen LogP contribution in [0.4, 0.5) is 0 Å². The minimum absolute atomic E-state index is 0.0229. The number of carboxylic acids is 1. The van der Waals surface area contributed by atoms with E-state index in [0.717, 1.165) is 45.3 Å². The molecule has 2 aliphatic rings. The molecule has 144 valence electrons. The number of ether oxygens (including phenoxy) is 1. The third-order valence-electron chi connectivity index (χ3n) is 5.77. The zero-order chi connectivity index (χ0) is 17.9. The van der Waals surface area contributed by atoms with E-state index in [1.807, 2.05) is 0 Å². The Bertz CT molecular complexity index is 401. The van der Waals surface area contributed by atoms with Gasteiger partial charge in [0.05, 0.1) is 0 Å². The first kappa shape index (κ1) is 20.2. The van der Waals surface area contributed by atoms with Gasteiger partial charge < -0.3 is 15.2 Å². The Labute approximate surface area is 151 Å². The van der Waals surface area contributed by atoms with Crippen LogP contribution in [-0.4, -0.2) is 36.2 Å². The third kappa shape index (κ3) is 8.70. The molecule has 1 atom stereocenters. The van der Waals surface area contributed by atoms with Gasteiger partial charge in [-0.2, -0.15) is 0 Å². The first-order chi connectivity index (χ1) is 12.1. The molecule has 0 spiro atoms. The number of carbonyl (C=O) groups excluding carboxylic acids is 1. The van der Waals surface area contributed by atoms with Crippen LogP contribution in [0.3, 0.4) is 0 Å². The molecule has 1 aliphatic heterocycles. The Morgan fingerprint density at radius 3 is 2.40 bits per heavy atom. The summed E-state index contributed by atoms with van der Waals surface area (Å²) in [4.78, 5) is 23.2. The third-order valence-corrected chi connectivity index (χ3v) is 5.77. The summed E-state index contributed by atoms with van der Waals surface area (Å²) in [6, 6.07) is 0.0229. The second-order valence-corrected chi connectivity index (χ2v) is 7.88. The highest BCUT2D eigenvalue weighted by molar-refractivity contribution is 5.76. The van der Waals surface area contributed by atoms with Crippen molar-refractivity contribution in [1.29, 1.82) is 0 Å². The lowest BCUT2D eigenvalue weighted by Gasteiger charge is -2.27. The maximum Gasteiger partial charge on any atom is 0.303 e. The van der Waals surface area contributed by atoms with Gasteiger partial charge in [0.25, 0.3) is 0 Å². The normalized spacial score (nSPS) is 21.0. The van der Waals surface area contributed by atoms with Gasteiger partial charge in [0.1, 0.15) is 0 Å². The van der Waals surface area contributed by atoms with Crippen molar-refractivity contribution in [1.82, 2.24) is 5.32 Å². The van der Waals surface area contributed by atoms with Gasteiger partial charge in [-0.15, -0.1) is 0 Å². The van der Waals surface area contributed by atoms with Gasteiger partial charge in [-0.3, -0.25) is 9.59 Å². The molecule has 0 bridgehead atoms. The highest BCUT2D eigenvalue weighted by Crippen LogP contribution is 2.28. The smallest absolute Gasteiger partial charge is 0.303 e. The van der Waals surface area contributed by atoms with Crippen molar-refractivity contribution < 1.29 is 19.4 Å². The van der Waals surface area contributed by atoms with E-state index < -0.39 is 5.97 Å². The van der Waals surface area contributed by atoms with Crippen LogP contribution < -0.4 is 5.32 Å². The summed E-state index contributed by atoms with van der Waals surface area (Å²) in [5.41, 5.74) is 0. The molecule has 1 saturated carbocycles. The number of carbonyl (C=O) groups is 2. The molecule has 2 fully saturated rings. The van der Waals surface area contributed by atoms with Crippen LogP contribution in [0.2, 0.25) is 0 Å². The summed E-state index contributed by atoms with van der Waals surface area (Å²) in [7, 11) is 0. The van der Waals surface area contributed by atoms with Crippen molar-refractivity contribution in [3.63, 3.8) is 0 Å². The maximum atomic E-state index is 12.3. The van der Waals surface area contributed by atoms with Gasteiger partial charge in [-0.25, -0.2) is 0 Å². The second kappa shape index (κ2) is 11.5. The Morgan fingerprint density at radius 1 is 1.00 bits per heavy atom. The summed E-state index contributed by atoms with van der Waals surface area (Å²) >= 11 is 0. The molecule has 1 amide bonds. The van der Waals surface area contributed by atoms with Gasteiger partial charge in [0.15, 0.2) is 0 Å². The van der Waals surface area contributed by atoms with Crippen molar-refractivity contribution in [2.75, 3.05) is 13.2 Å². The van der Waals surface area contributed by atoms with E-state index in [1.54, 1.807) is 0 Å². The predicted octanol–water partition coefficient (Wildman–Crippen LogP) is 3.90. The zero-order valence-electron chi connectivity index (χ0n) is 15.5. The molecule has 25 heavy (non-hydrogen) atoms. The van der Waals surface area contributed by atoms with E-state index in [0.29, 0.717) is 24.7 Å². The van der Waals surface area contributed by atoms with Gasteiger partial charge in [-0.05, 0) is 50.4 Å². The Morgan fingerprint density at radius 2 is 1.72 bits per heavy atom. The molecule has 0 radical (unpaired) electrons. The largest absolute Gasteiger partial charge is 0.481 e. The summed E-state index contributed by atoms with van der Waals surface area (Å²) in [5, 5.41) is 12.1. The summed E-state index contributed by atoms with van der Waals surface area (Å²) in [6.07, 6.45) is 12.8. The van der Waals surface area contributed by atoms with Gasteiger partial charge in [0.2, 0.25) is 5.91 Å². The lowest BCUT2D eigenvalue weighted by Crippen LogP contribution is -2.37. The molecule has 0 aromatic carbocycles. The fourth-order valence-corrected chi connectivity index (χ4v) is 4.26. The van der Waals surface area contributed by atoms with Crippen LogP contribution in [0.25, 0.3) is 0 Å². The Hall–Kier alpha value is -1.10. The van der Waals surface area contributed by atoms with E-state index in [2.05, 4.69) is 5.32 Å². The van der Waals surface area contributed by atoms with Gasteiger partial charge in [-0.1, -0.05) is 32.1 Å². The lowest BCUT2D eigenvalue weighted by molar-refractivity contribution is -0.137. The first-order valence-corrected chi connectivity index (χ1v) is 10.2. The Balaban J connectivity index is 1.69. The van der Waals surface area contributed by atoms with Crippen molar-refractivity contribution >= 4 is 11.9 Å². The molecule has 1 aliphatic carbocycles. The molecule has 2 N–H and O–H groups in total. The summed E-state index contributed by atoms with van der Waals surface area (Å²) in [5.74, 6) is 0.669. The van der Waals surface area contributed by atoms with Crippen LogP contribution in [0, 0.1) is 11.8 Å². The van der Waals surface area contributed by atoms with Crippen LogP contribution in [0.1, 0.15) is 83.5 Å². The average molecular weight is 354 g/mol. The molecule has 5 heteroatoms. The summed E-state index contributed by atoms with van der Waals surface area (Å²) < 4.78 is 5.37. The average Bonchev–Trinajstić information content (AvgIpc) is 2.61. The van der Waals surface area contributed by atoms with Crippen LogP contribution in [0.5, 0.6) is 0 Å². The van der Waals surface area contributed by atoms with E-state index in [-0.39, 0.29) is 18.4 Å². The molecule has 0 aromatic heterocycles. The standard InChI is InChI=1S/C20H35NO4/c22-19(8-4-7-16-11-13-25-14-12-16)21-18(9-10-20(23)24)15-17-5-2-1-3-6-17/h16-18H,1-15H2,(H,21,22)(H,23,24). The summed E-state index contributed by atoms with van der Waals surface area (Å²) in [6.45, 7) is 1.71. The molecule has 1 heterocycles. The predicted molar refractivity (Wildman–Crippen MR) is 97.4 cm³/mol. The molecular weight excluding hydrogens is 318 g/mol. The highest BCUT2D eigenvalue weighted by Gasteiger charge is 2.21. The highest BCUT2D eigenvalue weighted by atomic mass is 16.5.